The number of carbonyl (C=O) groups is 1. The number of aliphatic hydroxyl groups excluding tert-OH is 1. The molecule has 0 aliphatic heterocycles. The normalized spacial score (nSPS) is 12.5. The van der Waals surface area contributed by atoms with Gasteiger partial charge in [-0.1, -0.05) is 6.92 Å². The van der Waals surface area contributed by atoms with E-state index in [0.717, 1.165) is 6.42 Å². The third-order valence-electron chi connectivity index (χ3n) is 1.68. The van der Waals surface area contributed by atoms with Gasteiger partial charge in [0.15, 0.2) is 0 Å². The Morgan fingerprint density at radius 2 is 2.29 bits per heavy atom. The molecule has 1 amide bonds. The number of hydrogen-bond acceptors (Lipinski definition) is 3. The first-order valence-corrected chi connectivity index (χ1v) is 5.28. The van der Waals surface area contributed by atoms with Crippen molar-refractivity contribution in [3.05, 3.63) is 0 Å². The highest BCUT2D eigenvalue weighted by Crippen LogP contribution is 1.96. The average molecular weight is 224 g/mol. The standard InChI is InChI=1S/C9H18ClNO3/c1-8(7-10)9(13)11-3-2-5-14-6-4-12/h8,12H,2-7H2,1H3,(H,11,13). The highest BCUT2D eigenvalue weighted by atomic mass is 35.5. The zero-order valence-corrected chi connectivity index (χ0v) is 9.22. The van der Waals surface area contributed by atoms with Crippen molar-refractivity contribution in [3.8, 4) is 0 Å². The van der Waals surface area contributed by atoms with Crippen LogP contribution in [0.15, 0.2) is 0 Å². The van der Waals surface area contributed by atoms with Crippen molar-refractivity contribution in [1.82, 2.24) is 5.32 Å². The summed E-state index contributed by atoms with van der Waals surface area (Å²) in [5.41, 5.74) is 0. The Labute approximate surface area is 89.6 Å². The molecule has 84 valence electrons. The number of hydrogen-bond donors (Lipinski definition) is 2. The van der Waals surface area contributed by atoms with Gasteiger partial charge in [0.05, 0.1) is 13.2 Å². The van der Waals surface area contributed by atoms with Crippen LogP contribution in [-0.2, 0) is 9.53 Å². The Morgan fingerprint density at radius 1 is 1.57 bits per heavy atom. The number of rotatable bonds is 8. The fraction of sp³-hybridized carbons (Fsp3) is 0.889. The second-order valence-electron chi connectivity index (χ2n) is 3.04. The summed E-state index contributed by atoms with van der Waals surface area (Å²) in [6, 6.07) is 0. The van der Waals surface area contributed by atoms with Gasteiger partial charge in [-0.15, -0.1) is 11.6 Å². The molecule has 0 saturated carbocycles. The summed E-state index contributed by atoms with van der Waals surface area (Å²) in [7, 11) is 0. The maximum atomic E-state index is 11.2. The van der Waals surface area contributed by atoms with E-state index >= 15 is 0 Å². The number of halogens is 1. The van der Waals surface area contributed by atoms with Crippen LogP contribution in [0.3, 0.4) is 0 Å². The molecule has 0 fully saturated rings. The number of alkyl halides is 1. The van der Waals surface area contributed by atoms with Crippen LogP contribution in [0.1, 0.15) is 13.3 Å². The fourth-order valence-corrected chi connectivity index (χ4v) is 0.937. The molecule has 0 rings (SSSR count). The lowest BCUT2D eigenvalue weighted by Gasteiger charge is -2.08. The van der Waals surface area contributed by atoms with Crippen molar-refractivity contribution < 1.29 is 14.6 Å². The van der Waals surface area contributed by atoms with Gasteiger partial charge in [-0.05, 0) is 6.42 Å². The summed E-state index contributed by atoms with van der Waals surface area (Å²) < 4.78 is 5.02. The van der Waals surface area contributed by atoms with Crippen LogP contribution in [0.2, 0.25) is 0 Å². The van der Waals surface area contributed by atoms with Gasteiger partial charge in [-0.25, -0.2) is 0 Å². The van der Waals surface area contributed by atoms with Crippen molar-refractivity contribution >= 4 is 17.5 Å². The van der Waals surface area contributed by atoms with Crippen molar-refractivity contribution in [3.63, 3.8) is 0 Å². The van der Waals surface area contributed by atoms with Crippen LogP contribution in [0.4, 0.5) is 0 Å². The Kier molecular flexibility index (Phi) is 9.03. The topological polar surface area (TPSA) is 58.6 Å². The zero-order valence-electron chi connectivity index (χ0n) is 8.46. The molecule has 0 bridgehead atoms. The van der Waals surface area contributed by atoms with Gasteiger partial charge in [0.2, 0.25) is 5.91 Å². The van der Waals surface area contributed by atoms with E-state index in [9.17, 15) is 4.79 Å². The summed E-state index contributed by atoms with van der Waals surface area (Å²) in [5.74, 6) is 0.171. The van der Waals surface area contributed by atoms with Crippen LogP contribution >= 0.6 is 11.6 Å². The first kappa shape index (κ1) is 13.7. The van der Waals surface area contributed by atoms with Gasteiger partial charge in [0.1, 0.15) is 0 Å². The molecule has 4 nitrogen and oxygen atoms in total. The van der Waals surface area contributed by atoms with Crippen LogP contribution in [0.5, 0.6) is 0 Å². The Bertz CT molecular complexity index is 155. The number of ether oxygens (including phenoxy) is 1. The van der Waals surface area contributed by atoms with Crippen LogP contribution in [-0.4, -0.2) is 43.3 Å². The van der Waals surface area contributed by atoms with E-state index in [1.54, 1.807) is 6.92 Å². The smallest absolute Gasteiger partial charge is 0.224 e. The van der Waals surface area contributed by atoms with Gasteiger partial charge in [0, 0.05) is 24.9 Å². The third kappa shape index (κ3) is 7.12. The Hall–Kier alpha value is -0.320. The lowest BCUT2D eigenvalue weighted by molar-refractivity contribution is -0.123. The molecule has 0 aromatic heterocycles. The lowest BCUT2D eigenvalue weighted by Crippen LogP contribution is -2.31. The summed E-state index contributed by atoms with van der Waals surface area (Å²) >= 11 is 5.51. The molecule has 0 radical (unpaired) electrons. The summed E-state index contributed by atoms with van der Waals surface area (Å²) in [4.78, 5) is 11.2. The summed E-state index contributed by atoms with van der Waals surface area (Å²) in [6.45, 7) is 3.31. The molecule has 0 spiro atoms. The molecule has 0 aromatic rings. The molecule has 5 heteroatoms. The number of aliphatic hydroxyl groups is 1. The van der Waals surface area contributed by atoms with Gasteiger partial charge in [-0.2, -0.15) is 0 Å². The van der Waals surface area contributed by atoms with E-state index in [-0.39, 0.29) is 18.4 Å². The predicted octanol–water partition coefficient (Wildman–Crippen LogP) is 0.377. The van der Waals surface area contributed by atoms with Crippen LogP contribution in [0.25, 0.3) is 0 Å². The third-order valence-corrected chi connectivity index (χ3v) is 2.14. The molecule has 1 atom stereocenters. The largest absolute Gasteiger partial charge is 0.394 e. The second kappa shape index (κ2) is 9.24. The highest BCUT2D eigenvalue weighted by Gasteiger charge is 2.09. The average Bonchev–Trinajstić information content (AvgIpc) is 2.21. The minimum Gasteiger partial charge on any atom is -0.394 e. The van der Waals surface area contributed by atoms with E-state index < -0.39 is 0 Å². The Balaban J connectivity index is 3.23. The SMILES string of the molecule is CC(CCl)C(=O)NCCCOCCO. The predicted molar refractivity (Wildman–Crippen MR) is 55.4 cm³/mol. The van der Waals surface area contributed by atoms with Gasteiger partial charge in [-0.3, -0.25) is 4.79 Å². The quantitative estimate of drug-likeness (QED) is 0.462. The molecule has 0 saturated heterocycles. The van der Waals surface area contributed by atoms with E-state index in [1.165, 1.54) is 0 Å². The molecule has 14 heavy (non-hydrogen) atoms. The number of amides is 1. The minimum atomic E-state index is -0.143. The molecule has 2 N–H and O–H groups in total. The van der Waals surface area contributed by atoms with E-state index in [4.69, 9.17) is 21.4 Å². The highest BCUT2D eigenvalue weighted by molar-refractivity contribution is 6.19. The maximum absolute atomic E-state index is 11.2. The zero-order chi connectivity index (χ0) is 10.8. The van der Waals surface area contributed by atoms with Crippen molar-refractivity contribution in [1.29, 1.82) is 0 Å². The molecular formula is C9H18ClNO3. The Morgan fingerprint density at radius 3 is 2.86 bits per heavy atom. The number of carbonyl (C=O) groups excluding carboxylic acids is 1. The minimum absolute atomic E-state index is 0.0258. The second-order valence-corrected chi connectivity index (χ2v) is 3.34. The molecule has 0 aromatic carbocycles. The molecular weight excluding hydrogens is 206 g/mol. The fourth-order valence-electron chi connectivity index (χ4n) is 0.797. The molecule has 0 heterocycles. The monoisotopic (exact) mass is 223 g/mol. The van der Waals surface area contributed by atoms with Gasteiger partial charge in [0.25, 0.3) is 0 Å². The molecule has 0 aliphatic rings. The van der Waals surface area contributed by atoms with Crippen LogP contribution in [0, 0.1) is 5.92 Å². The van der Waals surface area contributed by atoms with Crippen molar-refractivity contribution in [2.45, 2.75) is 13.3 Å². The number of nitrogens with one attached hydrogen (secondary N) is 1. The van der Waals surface area contributed by atoms with Crippen molar-refractivity contribution in [2.75, 3.05) is 32.2 Å². The molecule has 1 unspecified atom stereocenters. The van der Waals surface area contributed by atoms with E-state index in [2.05, 4.69) is 5.32 Å². The van der Waals surface area contributed by atoms with E-state index in [0.29, 0.717) is 25.6 Å². The first-order valence-electron chi connectivity index (χ1n) is 4.74. The summed E-state index contributed by atoms with van der Waals surface area (Å²) in [5, 5.41) is 11.2. The van der Waals surface area contributed by atoms with Crippen molar-refractivity contribution in [2.24, 2.45) is 5.92 Å². The van der Waals surface area contributed by atoms with Crippen LogP contribution < -0.4 is 5.32 Å². The molecule has 0 aliphatic carbocycles. The van der Waals surface area contributed by atoms with E-state index in [1.807, 2.05) is 0 Å². The summed E-state index contributed by atoms with van der Waals surface area (Å²) in [6.07, 6.45) is 0.751. The van der Waals surface area contributed by atoms with Gasteiger partial charge < -0.3 is 15.2 Å². The first-order chi connectivity index (χ1) is 6.72. The maximum Gasteiger partial charge on any atom is 0.224 e. The van der Waals surface area contributed by atoms with Gasteiger partial charge >= 0.3 is 0 Å². The lowest BCUT2D eigenvalue weighted by atomic mass is 10.2.